The van der Waals surface area contributed by atoms with Crippen LogP contribution in [0.25, 0.3) is 10.9 Å². The van der Waals surface area contributed by atoms with Crippen LogP contribution in [0.2, 0.25) is 0 Å². The standard InChI is InChI=1S/C11H12N2O3/c1-16-7-3-2-6-4-9(10(12)11(14)15)13-8(6)5-7/h2-5,10,13H,12H2,1H3,(H,14,15). The van der Waals surface area contributed by atoms with Crippen LogP contribution >= 0.6 is 0 Å². The third-order valence-electron chi connectivity index (χ3n) is 2.45. The Balaban J connectivity index is 2.47. The van der Waals surface area contributed by atoms with Crippen LogP contribution in [0.4, 0.5) is 0 Å². The van der Waals surface area contributed by atoms with E-state index in [1.165, 1.54) is 0 Å². The van der Waals surface area contributed by atoms with Gasteiger partial charge in [0.2, 0.25) is 0 Å². The lowest BCUT2D eigenvalue weighted by Crippen LogP contribution is -2.20. The molecule has 0 aliphatic carbocycles. The van der Waals surface area contributed by atoms with Gasteiger partial charge >= 0.3 is 5.97 Å². The number of carboxylic acids is 1. The lowest BCUT2D eigenvalue weighted by Gasteiger charge is -2.01. The average Bonchev–Trinajstić information content (AvgIpc) is 2.69. The monoisotopic (exact) mass is 220 g/mol. The van der Waals surface area contributed by atoms with Crippen molar-refractivity contribution in [2.75, 3.05) is 7.11 Å². The van der Waals surface area contributed by atoms with Gasteiger partial charge in [0.1, 0.15) is 11.8 Å². The molecule has 0 amide bonds. The van der Waals surface area contributed by atoms with Crippen LogP contribution in [0.3, 0.4) is 0 Å². The van der Waals surface area contributed by atoms with E-state index >= 15 is 0 Å². The molecule has 84 valence electrons. The summed E-state index contributed by atoms with van der Waals surface area (Å²) in [5.41, 5.74) is 6.80. The number of carbonyl (C=O) groups is 1. The fourth-order valence-corrected chi connectivity index (χ4v) is 1.56. The van der Waals surface area contributed by atoms with Crippen molar-refractivity contribution in [1.29, 1.82) is 0 Å². The average molecular weight is 220 g/mol. The number of carboxylic acid groups (broad SMARTS) is 1. The molecule has 16 heavy (non-hydrogen) atoms. The molecule has 4 N–H and O–H groups in total. The van der Waals surface area contributed by atoms with Gasteiger partial charge in [-0.15, -0.1) is 0 Å². The maximum absolute atomic E-state index is 10.7. The molecule has 0 aliphatic heterocycles. The van der Waals surface area contributed by atoms with Gasteiger partial charge in [-0.25, -0.2) is 0 Å². The summed E-state index contributed by atoms with van der Waals surface area (Å²) in [4.78, 5) is 13.7. The van der Waals surface area contributed by atoms with E-state index in [0.717, 1.165) is 10.9 Å². The Morgan fingerprint density at radius 3 is 2.88 bits per heavy atom. The molecule has 1 heterocycles. The zero-order chi connectivity index (χ0) is 11.7. The first-order valence-corrected chi connectivity index (χ1v) is 4.77. The number of benzene rings is 1. The van der Waals surface area contributed by atoms with Crippen molar-refractivity contribution in [3.63, 3.8) is 0 Å². The van der Waals surface area contributed by atoms with Gasteiger partial charge in [-0.1, -0.05) is 0 Å². The zero-order valence-electron chi connectivity index (χ0n) is 8.73. The number of ether oxygens (including phenoxy) is 1. The molecule has 0 spiro atoms. The second-order valence-corrected chi connectivity index (χ2v) is 3.49. The van der Waals surface area contributed by atoms with Gasteiger partial charge in [-0.3, -0.25) is 4.79 Å². The summed E-state index contributed by atoms with van der Waals surface area (Å²) >= 11 is 0. The van der Waals surface area contributed by atoms with Crippen LogP contribution in [0.15, 0.2) is 24.3 Å². The number of aliphatic carboxylic acids is 1. The van der Waals surface area contributed by atoms with Crippen LogP contribution in [-0.4, -0.2) is 23.2 Å². The number of H-pyrrole nitrogens is 1. The highest BCUT2D eigenvalue weighted by molar-refractivity contribution is 5.84. The number of fused-ring (bicyclic) bond motifs is 1. The van der Waals surface area contributed by atoms with Crippen molar-refractivity contribution in [3.05, 3.63) is 30.0 Å². The minimum atomic E-state index is -1.06. The van der Waals surface area contributed by atoms with E-state index < -0.39 is 12.0 Å². The molecular formula is C11H12N2O3. The molecule has 0 radical (unpaired) electrons. The summed E-state index contributed by atoms with van der Waals surface area (Å²) in [5.74, 6) is -0.344. The summed E-state index contributed by atoms with van der Waals surface area (Å²) in [5, 5.41) is 9.70. The molecule has 1 unspecified atom stereocenters. The highest BCUT2D eigenvalue weighted by Crippen LogP contribution is 2.23. The lowest BCUT2D eigenvalue weighted by molar-refractivity contribution is -0.138. The Hall–Kier alpha value is -2.01. The second-order valence-electron chi connectivity index (χ2n) is 3.49. The number of nitrogens with one attached hydrogen (secondary N) is 1. The number of methoxy groups -OCH3 is 1. The predicted molar refractivity (Wildman–Crippen MR) is 59.4 cm³/mol. The molecule has 0 bridgehead atoms. The van der Waals surface area contributed by atoms with Gasteiger partial charge in [-0.2, -0.15) is 0 Å². The third kappa shape index (κ3) is 1.72. The summed E-state index contributed by atoms with van der Waals surface area (Å²) in [7, 11) is 1.58. The van der Waals surface area contributed by atoms with Crippen LogP contribution in [0, 0.1) is 0 Å². The Morgan fingerprint density at radius 1 is 1.50 bits per heavy atom. The SMILES string of the molecule is COc1ccc2cc(C(N)C(=O)O)[nH]c2c1. The number of aromatic nitrogens is 1. The van der Waals surface area contributed by atoms with E-state index in [1.54, 1.807) is 19.2 Å². The fraction of sp³-hybridized carbons (Fsp3) is 0.182. The topological polar surface area (TPSA) is 88.3 Å². The smallest absolute Gasteiger partial charge is 0.326 e. The summed E-state index contributed by atoms with van der Waals surface area (Å²) < 4.78 is 5.07. The van der Waals surface area contributed by atoms with Crippen molar-refractivity contribution in [2.24, 2.45) is 5.73 Å². The number of hydrogen-bond acceptors (Lipinski definition) is 3. The molecule has 0 aliphatic rings. The molecule has 5 heteroatoms. The Bertz CT molecular complexity index is 533. The fourth-order valence-electron chi connectivity index (χ4n) is 1.56. The van der Waals surface area contributed by atoms with E-state index in [-0.39, 0.29) is 0 Å². The summed E-state index contributed by atoms with van der Waals surface area (Å²) in [6.07, 6.45) is 0. The van der Waals surface area contributed by atoms with E-state index in [0.29, 0.717) is 11.4 Å². The molecular weight excluding hydrogens is 208 g/mol. The molecule has 2 rings (SSSR count). The molecule has 5 nitrogen and oxygen atoms in total. The first-order chi connectivity index (χ1) is 7.61. The van der Waals surface area contributed by atoms with E-state index in [4.69, 9.17) is 15.6 Å². The maximum Gasteiger partial charge on any atom is 0.326 e. The van der Waals surface area contributed by atoms with Crippen molar-refractivity contribution in [2.45, 2.75) is 6.04 Å². The van der Waals surface area contributed by atoms with Gasteiger partial charge in [-0.05, 0) is 23.6 Å². The highest BCUT2D eigenvalue weighted by Gasteiger charge is 2.16. The predicted octanol–water partition coefficient (Wildman–Crippen LogP) is 1.26. The quantitative estimate of drug-likeness (QED) is 0.726. The van der Waals surface area contributed by atoms with Crippen LogP contribution in [0.1, 0.15) is 11.7 Å². The maximum atomic E-state index is 10.7. The Labute approximate surface area is 91.8 Å². The normalized spacial score (nSPS) is 12.6. The van der Waals surface area contributed by atoms with Crippen molar-refractivity contribution in [3.8, 4) is 5.75 Å². The number of hydrogen-bond donors (Lipinski definition) is 3. The molecule has 0 saturated carbocycles. The van der Waals surface area contributed by atoms with Crippen molar-refractivity contribution < 1.29 is 14.6 Å². The summed E-state index contributed by atoms with van der Waals surface area (Å²) in [6, 6.07) is 6.16. The van der Waals surface area contributed by atoms with Crippen LogP contribution < -0.4 is 10.5 Å². The Kier molecular flexibility index (Phi) is 2.54. The van der Waals surface area contributed by atoms with Gasteiger partial charge < -0.3 is 20.6 Å². The first-order valence-electron chi connectivity index (χ1n) is 4.77. The van der Waals surface area contributed by atoms with Crippen LogP contribution in [0.5, 0.6) is 5.75 Å². The number of rotatable bonds is 3. The van der Waals surface area contributed by atoms with Gasteiger partial charge in [0.25, 0.3) is 0 Å². The van der Waals surface area contributed by atoms with Crippen LogP contribution in [-0.2, 0) is 4.79 Å². The van der Waals surface area contributed by atoms with Gasteiger partial charge in [0.05, 0.1) is 7.11 Å². The first kappa shape index (κ1) is 10.5. The highest BCUT2D eigenvalue weighted by atomic mass is 16.5. The molecule has 0 fully saturated rings. The number of aromatic amines is 1. The largest absolute Gasteiger partial charge is 0.497 e. The lowest BCUT2D eigenvalue weighted by atomic mass is 10.2. The molecule has 0 saturated heterocycles. The van der Waals surface area contributed by atoms with Gasteiger partial charge in [0, 0.05) is 17.3 Å². The molecule has 1 aromatic carbocycles. The van der Waals surface area contributed by atoms with Crippen molar-refractivity contribution in [1.82, 2.24) is 4.98 Å². The minimum absolute atomic E-state index is 0.482. The van der Waals surface area contributed by atoms with Gasteiger partial charge in [0.15, 0.2) is 0 Å². The zero-order valence-corrected chi connectivity index (χ0v) is 8.73. The van der Waals surface area contributed by atoms with E-state index in [1.807, 2.05) is 12.1 Å². The summed E-state index contributed by atoms with van der Waals surface area (Å²) in [6.45, 7) is 0. The molecule has 2 aromatic rings. The Morgan fingerprint density at radius 2 is 2.25 bits per heavy atom. The molecule has 1 aromatic heterocycles. The van der Waals surface area contributed by atoms with E-state index in [2.05, 4.69) is 4.98 Å². The van der Waals surface area contributed by atoms with Crippen molar-refractivity contribution >= 4 is 16.9 Å². The second kappa shape index (κ2) is 3.86. The third-order valence-corrected chi connectivity index (χ3v) is 2.45. The number of nitrogens with two attached hydrogens (primary N) is 1. The minimum Gasteiger partial charge on any atom is -0.497 e. The van der Waals surface area contributed by atoms with E-state index in [9.17, 15) is 4.79 Å². The molecule has 1 atom stereocenters.